The summed E-state index contributed by atoms with van der Waals surface area (Å²) in [7, 11) is 0. The van der Waals surface area contributed by atoms with Crippen LogP contribution in [0.1, 0.15) is 39.0 Å². The second-order valence-corrected chi connectivity index (χ2v) is 5.34. The minimum absolute atomic E-state index is 0.0120. The molecule has 5 heteroatoms. The maximum atomic E-state index is 11.3. The van der Waals surface area contributed by atoms with Gasteiger partial charge < -0.3 is 19.5 Å². The molecule has 2 aliphatic rings. The Balaban J connectivity index is 1.70. The molecule has 2 fully saturated rings. The van der Waals surface area contributed by atoms with E-state index in [9.17, 15) is 4.79 Å². The minimum atomic E-state index is -0.122. The third-order valence-corrected chi connectivity index (χ3v) is 3.96. The molecule has 2 aliphatic heterocycles. The molecule has 1 N–H and O–H groups in total. The molecule has 0 amide bonds. The lowest BCUT2D eigenvalue weighted by atomic mass is 9.84. The van der Waals surface area contributed by atoms with Crippen molar-refractivity contribution in [1.29, 1.82) is 0 Å². The van der Waals surface area contributed by atoms with Crippen LogP contribution in [0.3, 0.4) is 0 Å². The van der Waals surface area contributed by atoms with Crippen LogP contribution in [-0.4, -0.2) is 50.6 Å². The van der Waals surface area contributed by atoms with Crippen LogP contribution in [-0.2, 0) is 19.0 Å². The van der Waals surface area contributed by atoms with E-state index >= 15 is 0 Å². The number of hydrogen-bond acceptors (Lipinski definition) is 5. The van der Waals surface area contributed by atoms with Gasteiger partial charge in [-0.2, -0.15) is 0 Å². The van der Waals surface area contributed by atoms with Gasteiger partial charge in [-0.3, -0.25) is 4.79 Å². The highest BCUT2D eigenvalue weighted by Gasteiger charge is 2.38. The smallest absolute Gasteiger partial charge is 0.307 e. The van der Waals surface area contributed by atoms with E-state index in [1.54, 1.807) is 0 Å². The highest BCUT2D eigenvalue weighted by atomic mass is 16.5. The number of hydrogen-bond donors (Lipinski definition) is 1. The summed E-state index contributed by atoms with van der Waals surface area (Å²) < 4.78 is 16.3. The molecule has 0 aromatic rings. The normalized spacial score (nSPS) is 26.3. The fourth-order valence-electron chi connectivity index (χ4n) is 2.91. The molecule has 1 atom stereocenters. The maximum absolute atomic E-state index is 11.3. The average molecular weight is 271 g/mol. The number of rotatable bonds is 5. The molecule has 2 rings (SSSR count). The summed E-state index contributed by atoms with van der Waals surface area (Å²) in [4.78, 5) is 11.3. The molecule has 0 bridgehead atoms. The Kier molecular flexibility index (Phi) is 5.60. The third-order valence-electron chi connectivity index (χ3n) is 3.96. The third kappa shape index (κ3) is 4.44. The van der Waals surface area contributed by atoms with Gasteiger partial charge in [-0.1, -0.05) is 0 Å². The number of nitrogens with one attached hydrogen (secondary N) is 1. The van der Waals surface area contributed by atoms with Gasteiger partial charge in [-0.05, 0) is 32.6 Å². The van der Waals surface area contributed by atoms with E-state index in [0.717, 1.165) is 45.5 Å². The van der Waals surface area contributed by atoms with E-state index in [1.807, 2.05) is 6.92 Å². The van der Waals surface area contributed by atoms with Crippen molar-refractivity contribution < 1.29 is 19.0 Å². The van der Waals surface area contributed by atoms with Gasteiger partial charge in [0.05, 0.1) is 18.6 Å². The van der Waals surface area contributed by atoms with Crippen molar-refractivity contribution in [3.8, 4) is 0 Å². The van der Waals surface area contributed by atoms with Crippen LogP contribution >= 0.6 is 0 Å². The predicted octanol–water partition coefficient (Wildman–Crippen LogP) is 1.26. The zero-order chi connectivity index (χ0) is 13.6. The first-order valence-corrected chi connectivity index (χ1v) is 7.35. The molecule has 1 unspecified atom stereocenters. The van der Waals surface area contributed by atoms with Crippen molar-refractivity contribution in [3.05, 3.63) is 0 Å². The van der Waals surface area contributed by atoms with Gasteiger partial charge in [0.25, 0.3) is 0 Å². The first-order valence-electron chi connectivity index (χ1n) is 7.35. The molecule has 2 saturated heterocycles. The summed E-state index contributed by atoms with van der Waals surface area (Å²) in [6.45, 7) is 5.39. The zero-order valence-corrected chi connectivity index (χ0v) is 11.8. The largest absolute Gasteiger partial charge is 0.466 e. The average Bonchev–Trinajstić information content (AvgIpc) is 2.40. The number of esters is 1. The van der Waals surface area contributed by atoms with Crippen LogP contribution in [0.15, 0.2) is 0 Å². The molecule has 0 aromatic heterocycles. The summed E-state index contributed by atoms with van der Waals surface area (Å²) >= 11 is 0. The lowest BCUT2D eigenvalue weighted by Crippen LogP contribution is -2.50. The molecule has 110 valence electrons. The van der Waals surface area contributed by atoms with Crippen LogP contribution in [0.4, 0.5) is 0 Å². The number of carbonyl (C=O) groups excluding carboxylic acids is 1. The zero-order valence-electron chi connectivity index (χ0n) is 11.8. The van der Waals surface area contributed by atoms with Gasteiger partial charge in [-0.15, -0.1) is 0 Å². The summed E-state index contributed by atoms with van der Waals surface area (Å²) in [5.41, 5.74) is 0.0120. The second kappa shape index (κ2) is 7.22. The van der Waals surface area contributed by atoms with Gasteiger partial charge in [0, 0.05) is 32.4 Å². The van der Waals surface area contributed by atoms with Crippen molar-refractivity contribution in [2.75, 3.05) is 33.0 Å². The van der Waals surface area contributed by atoms with Crippen LogP contribution in [0.2, 0.25) is 0 Å². The van der Waals surface area contributed by atoms with Crippen LogP contribution in [0, 0.1) is 0 Å². The van der Waals surface area contributed by atoms with Gasteiger partial charge >= 0.3 is 5.97 Å². The number of ether oxygens (including phenoxy) is 3. The quantitative estimate of drug-likeness (QED) is 0.763. The molecular formula is C14H25NO4. The summed E-state index contributed by atoms with van der Waals surface area (Å²) in [6, 6.07) is 0.446. The topological polar surface area (TPSA) is 56.8 Å². The fourth-order valence-corrected chi connectivity index (χ4v) is 2.91. The van der Waals surface area contributed by atoms with Gasteiger partial charge in [-0.25, -0.2) is 0 Å². The predicted molar refractivity (Wildman–Crippen MR) is 71.0 cm³/mol. The lowest BCUT2D eigenvalue weighted by Gasteiger charge is -2.43. The van der Waals surface area contributed by atoms with Crippen molar-refractivity contribution in [2.45, 2.75) is 50.7 Å². The van der Waals surface area contributed by atoms with Gasteiger partial charge in [0.2, 0.25) is 0 Å². The van der Waals surface area contributed by atoms with Crippen molar-refractivity contribution in [1.82, 2.24) is 5.32 Å². The first-order chi connectivity index (χ1) is 9.24. The van der Waals surface area contributed by atoms with E-state index in [0.29, 0.717) is 25.6 Å². The van der Waals surface area contributed by atoms with Crippen LogP contribution in [0.5, 0.6) is 0 Å². The van der Waals surface area contributed by atoms with Crippen LogP contribution in [0.25, 0.3) is 0 Å². The Morgan fingerprint density at radius 3 is 2.89 bits per heavy atom. The Bertz CT molecular complexity index is 284. The molecule has 0 aromatic carbocycles. The van der Waals surface area contributed by atoms with Gasteiger partial charge in [0.15, 0.2) is 0 Å². The number of carbonyl (C=O) groups is 1. The van der Waals surface area contributed by atoms with Gasteiger partial charge in [0.1, 0.15) is 0 Å². The molecule has 1 spiro atoms. The molecule has 0 aliphatic carbocycles. The molecule has 0 radical (unpaired) electrons. The van der Waals surface area contributed by atoms with E-state index in [4.69, 9.17) is 14.2 Å². The molecule has 2 heterocycles. The van der Waals surface area contributed by atoms with E-state index in [-0.39, 0.29) is 11.6 Å². The second-order valence-electron chi connectivity index (χ2n) is 5.34. The summed E-state index contributed by atoms with van der Waals surface area (Å²) in [6.07, 6.45) is 4.47. The molecule has 0 saturated carbocycles. The van der Waals surface area contributed by atoms with Crippen LogP contribution < -0.4 is 5.32 Å². The van der Waals surface area contributed by atoms with Crippen molar-refractivity contribution in [3.63, 3.8) is 0 Å². The first kappa shape index (κ1) is 14.8. The Morgan fingerprint density at radius 1 is 1.37 bits per heavy atom. The highest BCUT2D eigenvalue weighted by Crippen LogP contribution is 2.34. The Labute approximate surface area is 115 Å². The van der Waals surface area contributed by atoms with E-state index in [2.05, 4.69) is 5.32 Å². The maximum Gasteiger partial charge on any atom is 0.307 e. The monoisotopic (exact) mass is 271 g/mol. The summed E-state index contributed by atoms with van der Waals surface area (Å²) in [5.74, 6) is -0.122. The molecule has 5 nitrogen and oxygen atoms in total. The molecule has 19 heavy (non-hydrogen) atoms. The van der Waals surface area contributed by atoms with Crippen molar-refractivity contribution >= 4 is 5.97 Å². The molecular weight excluding hydrogens is 246 g/mol. The Hall–Kier alpha value is -0.650. The lowest BCUT2D eigenvalue weighted by molar-refractivity contribution is -0.143. The van der Waals surface area contributed by atoms with E-state index < -0.39 is 0 Å². The Morgan fingerprint density at radius 2 is 2.16 bits per heavy atom. The SMILES string of the molecule is CCOC(=O)CCNC1CCOC2(CCOCC2)C1. The summed E-state index contributed by atoms with van der Waals surface area (Å²) in [5, 5.41) is 3.46. The van der Waals surface area contributed by atoms with E-state index in [1.165, 1.54) is 0 Å². The highest BCUT2D eigenvalue weighted by molar-refractivity contribution is 5.69. The minimum Gasteiger partial charge on any atom is -0.466 e. The fraction of sp³-hybridized carbons (Fsp3) is 0.929. The standard InChI is InChI=1S/C14H25NO4/c1-2-18-13(16)3-7-15-12-4-8-19-14(11-12)5-9-17-10-6-14/h12,15H,2-11H2,1H3. The van der Waals surface area contributed by atoms with Crippen molar-refractivity contribution in [2.24, 2.45) is 0 Å².